The number of hydrogen-bond donors (Lipinski definition) is 5. The highest BCUT2D eigenvalue weighted by atomic mass is 16.8. The highest BCUT2D eigenvalue weighted by Gasteiger charge is 2.47. The predicted octanol–water partition coefficient (Wildman–Crippen LogP) is -1.86. The van der Waals surface area contributed by atoms with Crippen molar-refractivity contribution in [3.63, 3.8) is 0 Å². The normalized spacial score (nSPS) is 40.2. The van der Waals surface area contributed by atoms with Gasteiger partial charge in [0.15, 0.2) is 6.29 Å². The third-order valence-electron chi connectivity index (χ3n) is 4.49. The number of aliphatic carboxylic acids is 1. The Morgan fingerprint density at radius 3 is 2.46 bits per heavy atom. The summed E-state index contributed by atoms with van der Waals surface area (Å²) >= 11 is 0. The fourth-order valence-corrected chi connectivity index (χ4v) is 3.02. The van der Waals surface area contributed by atoms with Crippen LogP contribution < -0.4 is 0 Å². The van der Waals surface area contributed by atoms with Crippen LogP contribution in [0, 0.1) is 11.8 Å². The van der Waals surface area contributed by atoms with Gasteiger partial charge in [0.25, 0.3) is 0 Å². The molecule has 0 aromatic carbocycles. The van der Waals surface area contributed by atoms with Crippen LogP contribution in [0.2, 0.25) is 0 Å². The quantitative estimate of drug-likeness (QED) is 0.252. The second kappa shape index (κ2) is 8.71. The van der Waals surface area contributed by atoms with Crippen molar-refractivity contribution in [1.82, 2.24) is 0 Å². The average Bonchev–Trinajstić information content (AvgIpc) is 2.62. The lowest BCUT2D eigenvalue weighted by molar-refractivity contribution is -0.339. The van der Waals surface area contributed by atoms with Crippen molar-refractivity contribution < 1.29 is 49.3 Å². The molecule has 146 valence electrons. The van der Waals surface area contributed by atoms with Crippen LogP contribution in [-0.4, -0.2) is 81.4 Å². The summed E-state index contributed by atoms with van der Waals surface area (Å²) in [5, 5.41) is 48.0. The summed E-state index contributed by atoms with van der Waals surface area (Å²) in [4.78, 5) is 22.2. The maximum absolute atomic E-state index is 11.3. The average molecular weight is 374 g/mol. The van der Waals surface area contributed by atoms with Gasteiger partial charge in [-0.1, -0.05) is 6.08 Å². The lowest BCUT2D eigenvalue weighted by Crippen LogP contribution is -2.60. The Hall–Kier alpha value is -1.82. The molecule has 0 saturated carbocycles. The zero-order chi connectivity index (χ0) is 19.4. The Balaban J connectivity index is 2.20. The van der Waals surface area contributed by atoms with Gasteiger partial charge in [0, 0.05) is 18.3 Å². The molecule has 0 spiro atoms. The van der Waals surface area contributed by atoms with Crippen molar-refractivity contribution in [3.05, 3.63) is 24.5 Å². The van der Waals surface area contributed by atoms with Gasteiger partial charge in [0.1, 0.15) is 30.7 Å². The molecule has 0 aromatic rings. The number of aldehydes is 1. The number of carbonyl (C=O) groups excluding carboxylic acids is 1. The molecular formula is C16H22O10. The number of hydrogen-bond acceptors (Lipinski definition) is 9. The fourth-order valence-electron chi connectivity index (χ4n) is 3.02. The number of aliphatic hydroxyl groups excluding tert-OH is 4. The summed E-state index contributed by atoms with van der Waals surface area (Å²) in [6.07, 6.45) is -5.86. The van der Waals surface area contributed by atoms with Gasteiger partial charge in [-0.2, -0.15) is 0 Å². The molecule has 0 amide bonds. The SMILES string of the molecule is C=C[C@@H]1[C@H](O[C@@H]2O[C@H](CO)[C@@H](O)[C@H](O)[C@H]2O)OC=C(C(=O)O)[C@@H]1CC=O. The van der Waals surface area contributed by atoms with E-state index in [1.54, 1.807) is 0 Å². The maximum Gasteiger partial charge on any atom is 0.335 e. The second-order valence-corrected chi connectivity index (χ2v) is 6.04. The van der Waals surface area contributed by atoms with Crippen LogP contribution >= 0.6 is 0 Å². The molecular weight excluding hydrogens is 352 g/mol. The smallest absolute Gasteiger partial charge is 0.335 e. The molecule has 1 saturated heterocycles. The second-order valence-electron chi connectivity index (χ2n) is 6.04. The third kappa shape index (κ3) is 3.95. The lowest BCUT2D eigenvalue weighted by atomic mass is 9.82. The van der Waals surface area contributed by atoms with Gasteiger partial charge in [-0.15, -0.1) is 6.58 Å². The van der Waals surface area contributed by atoms with E-state index in [4.69, 9.17) is 14.2 Å². The molecule has 10 nitrogen and oxygen atoms in total. The molecule has 0 aliphatic carbocycles. The van der Waals surface area contributed by atoms with E-state index in [1.165, 1.54) is 6.08 Å². The standard InChI is InChI=1S/C16H22O10/c1-2-7-8(3-4-17)9(14(22)23)6-24-15(7)26-16-13(21)12(20)11(19)10(5-18)25-16/h2,4,6-8,10-13,15-16,18-21H,1,3,5H2,(H,22,23)/t7-,8+,10+,11+,12-,13+,15-,16-/m0/s1. The summed E-state index contributed by atoms with van der Waals surface area (Å²) in [6, 6.07) is 0. The van der Waals surface area contributed by atoms with Crippen LogP contribution in [0.15, 0.2) is 24.5 Å². The summed E-state index contributed by atoms with van der Waals surface area (Å²) in [7, 11) is 0. The first-order valence-corrected chi connectivity index (χ1v) is 7.96. The minimum Gasteiger partial charge on any atom is -0.478 e. The van der Waals surface area contributed by atoms with Gasteiger partial charge >= 0.3 is 5.97 Å². The van der Waals surface area contributed by atoms with Crippen molar-refractivity contribution >= 4 is 12.3 Å². The van der Waals surface area contributed by atoms with Crippen molar-refractivity contribution in [3.8, 4) is 0 Å². The monoisotopic (exact) mass is 374 g/mol. The van der Waals surface area contributed by atoms with Gasteiger partial charge < -0.3 is 44.5 Å². The van der Waals surface area contributed by atoms with Crippen molar-refractivity contribution in [2.75, 3.05) is 6.61 Å². The predicted molar refractivity (Wildman–Crippen MR) is 83.3 cm³/mol. The summed E-state index contributed by atoms with van der Waals surface area (Å²) < 4.78 is 16.0. The van der Waals surface area contributed by atoms with Crippen molar-refractivity contribution in [1.29, 1.82) is 0 Å². The largest absolute Gasteiger partial charge is 0.478 e. The lowest BCUT2D eigenvalue weighted by Gasteiger charge is -2.42. The zero-order valence-corrected chi connectivity index (χ0v) is 13.7. The van der Waals surface area contributed by atoms with E-state index in [0.29, 0.717) is 6.29 Å². The van der Waals surface area contributed by atoms with Crippen LogP contribution in [0.4, 0.5) is 0 Å². The highest BCUT2D eigenvalue weighted by Crippen LogP contribution is 2.36. The minimum absolute atomic E-state index is 0.118. The Kier molecular flexibility index (Phi) is 6.87. The van der Waals surface area contributed by atoms with Crippen LogP contribution in [0.1, 0.15) is 6.42 Å². The Morgan fingerprint density at radius 1 is 1.23 bits per heavy atom. The number of carboxylic acid groups (broad SMARTS) is 1. The molecule has 0 bridgehead atoms. The Bertz CT molecular complexity index is 559. The number of ether oxygens (including phenoxy) is 3. The minimum atomic E-state index is -1.64. The molecule has 2 aliphatic heterocycles. The van der Waals surface area contributed by atoms with E-state index in [-0.39, 0.29) is 12.0 Å². The zero-order valence-electron chi connectivity index (χ0n) is 13.7. The van der Waals surface area contributed by atoms with Gasteiger partial charge in [-0.3, -0.25) is 0 Å². The van der Waals surface area contributed by atoms with E-state index in [1.807, 2.05) is 0 Å². The van der Waals surface area contributed by atoms with E-state index in [9.17, 15) is 35.1 Å². The van der Waals surface area contributed by atoms with E-state index in [2.05, 4.69) is 6.58 Å². The molecule has 0 unspecified atom stereocenters. The van der Waals surface area contributed by atoms with Gasteiger partial charge in [0.05, 0.1) is 18.4 Å². The topological polar surface area (TPSA) is 163 Å². The first-order chi connectivity index (χ1) is 12.3. The van der Waals surface area contributed by atoms with Crippen LogP contribution in [0.25, 0.3) is 0 Å². The van der Waals surface area contributed by atoms with E-state index < -0.39 is 61.4 Å². The molecule has 26 heavy (non-hydrogen) atoms. The number of carboxylic acids is 1. The molecule has 10 heteroatoms. The van der Waals surface area contributed by atoms with Crippen molar-refractivity contribution in [2.45, 2.75) is 43.4 Å². The Labute approximate surface area is 148 Å². The van der Waals surface area contributed by atoms with Crippen LogP contribution in [-0.2, 0) is 23.8 Å². The fraction of sp³-hybridized carbons (Fsp3) is 0.625. The van der Waals surface area contributed by atoms with Gasteiger partial charge in [-0.05, 0) is 0 Å². The molecule has 8 atom stereocenters. The summed E-state index contributed by atoms with van der Waals surface area (Å²) in [6.45, 7) is 2.98. The summed E-state index contributed by atoms with van der Waals surface area (Å²) in [5.41, 5.74) is -0.129. The van der Waals surface area contributed by atoms with Gasteiger partial charge in [0.2, 0.25) is 6.29 Å². The molecule has 5 N–H and O–H groups in total. The number of aliphatic hydroxyl groups is 4. The third-order valence-corrected chi connectivity index (χ3v) is 4.49. The summed E-state index contributed by atoms with van der Waals surface area (Å²) in [5.74, 6) is -2.79. The highest BCUT2D eigenvalue weighted by molar-refractivity contribution is 5.87. The van der Waals surface area contributed by atoms with E-state index >= 15 is 0 Å². The van der Waals surface area contributed by atoms with E-state index in [0.717, 1.165) is 6.26 Å². The van der Waals surface area contributed by atoms with Crippen LogP contribution in [0.3, 0.4) is 0 Å². The Morgan fingerprint density at radius 2 is 1.92 bits per heavy atom. The number of carbonyl (C=O) groups is 2. The maximum atomic E-state index is 11.3. The molecule has 1 fully saturated rings. The van der Waals surface area contributed by atoms with Crippen molar-refractivity contribution in [2.24, 2.45) is 11.8 Å². The molecule has 2 heterocycles. The molecule has 2 rings (SSSR count). The first-order valence-electron chi connectivity index (χ1n) is 7.96. The number of rotatable bonds is 7. The molecule has 2 aliphatic rings. The first kappa shape index (κ1) is 20.5. The van der Waals surface area contributed by atoms with Crippen LogP contribution in [0.5, 0.6) is 0 Å². The van der Waals surface area contributed by atoms with Gasteiger partial charge in [-0.25, -0.2) is 4.79 Å². The molecule has 0 radical (unpaired) electrons. The molecule has 0 aromatic heterocycles.